The Bertz CT molecular complexity index is 293. The average Bonchev–Trinajstić information content (AvgIpc) is 2.62. The molecule has 0 radical (unpaired) electrons. The average molecular weight is 226 g/mol. The number of halogens is 1. The van der Waals surface area contributed by atoms with Crippen LogP contribution in [0.1, 0.15) is 18.9 Å². The second-order valence-electron chi connectivity index (χ2n) is 3.73. The molecule has 2 heteroatoms. The van der Waals surface area contributed by atoms with Crippen molar-refractivity contribution in [1.82, 2.24) is 0 Å². The highest BCUT2D eigenvalue weighted by Crippen LogP contribution is 2.46. The summed E-state index contributed by atoms with van der Waals surface area (Å²) in [6.45, 7) is 2.22. The van der Waals surface area contributed by atoms with E-state index in [1.807, 2.05) is 0 Å². The van der Waals surface area contributed by atoms with Crippen molar-refractivity contribution in [1.29, 1.82) is 0 Å². The largest absolute Gasteiger partial charge is 0.327 e. The quantitative estimate of drug-likeness (QED) is 0.781. The SMILES string of the molecule is C[C@]1(c2ccc(Br)cc2)C[C@@H]1N. The van der Waals surface area contributed by atoms with Gasteiger partial charge in [-0.1, -0.05) is 35.0 Å². The van der Waals surface area contributed by atoms with E-state index in [2.05, 4.69) is 47.1 Å². The van der Waals surface area contributed by atoms with Gasteiger partial charge >= 0.3 is 0 Å². The number of rotatable bonds is 1. The monoisotopic (exact) mass is 225 g/mol. The van der Waals surface area contributed by atoms with Gasteiger partial charge in [-0.3, -0.25) is 0 Å². The van der Waals surface area contributed by atoms with Crippen molar-refractivity contribution in [2.75, 3.05) is 0 Å². The minimum absolute atomic E-state index is 0.251. The molecule has 1 saturated carbocycles. The molecule has 0 aliphatic heterocycles. The molecule has 1 aliphatic rings. The Morgan fingerprint density at radius 3 is 2.33 bits per heavy atom. The summed E-state index contributed by atoms with van der Waals surface area (Å²) in [5.74, 6) is 0. The highest BCUT2D eigenvalue weighted by atomic mass is 79.9. The Kier molecular flexibility index (Phi) is 1.77. The predicted octanol–water partition coefficient (Wildman–Crippen LogP) is 2.44. The number of benzene rings is 1. The lowest BCUT2D eigenvalue weighted by molar-refractivity contribution is 0.741. The normalized spacial score (nSPS) is 33.4. The molecular formula is C10H12BrN. The van der Waals surface area contributed by atoms with Crippen molar-refractivity contribution in [3.8, 4) is 0 Å². The van der Waals surface area contributed by atoms with E-state index >= 15 is 0 Å². The van der Waals surface area contributed by atoms with Crippen molar-refractivity contribution < 1.29 is 0 Å². The molecule has 1 nitrogen and oxygen atoms in total. The van der Waals surface area contributed by atoms with Gasteiger partial charge in [0.15, 0.2) is 0 Å². The Morgan fingerprint density at radius 1 is 1.42 bits per heavy atom. The first-order valence-corrected chi connectivity index (χ1v) is 4.94. The lowest BCUT2D eigenvalue weighted by Gasteiger charge is -2.09. The van der Waals surface area contributed by atoms with E-state index in [9.17, 15) is 0 Å². The first-order chi connectivity index (χ1) is 5.63. The summed E-state index contributed by atoms with van der Waals surface area (Å²) in [6.07, 6.45) is 1.12. The van der Waals surface area contributed by atoms with Gasteiger partial charge in [0.1, 0.15) is 0 Å². The second kappa shape index (κ2) is 2.57. The van der Waals surface area contributed by atoms with Crippen molar-refractivity contribution in [2.45, 2.75) is 24.8 Å². The number of nitrogens with two attached hydrogens (primary N) is 1. The molecule has 0 unspecified atom stereocenters. The van der Waals surface area contributed by atoms with Crippen LogP contribution in [0.4, 0.5) is 0 Å². The van der Waals surface area contributed by atoms with Gasteiger partial charge in [-0.25, -0.2) is 0 Å². The Morgan fingerprint density at radius 2 is 1.92 bits per heavy atom. The van der Waals surface area contributed by atoms with E-state index in [4.69, 9.17) is 5.73 Å². The second-order valence-corrected chi connectivity index (χ2v) is 4.65. The lowest BCUT2D eigenvalue weighted by Crippen LogP contribution is -2.14. The van der Waals surface area contributed by atoms with Crippen LogP contribution in [0.2, 0.25) is 0 Å². The molecule has 0 heterocycles. The van der Waals surface area contributed by atoms with Gasteiger partial charge in [0.05, 0.1) is 0 Å². The summed E-state index contributed by atoms with van der Waals surface area (Å²) in [6, 6.07) is 8.81. The van der Waals surface area contributed by atoms with Crippen LogP contribution in [0.3, 0.4) is 0 Å². The number of hydrogen-bond acceptors (Lipinski definition) is 1. The zero-order valence-corrected chi connectivity index (χ0v) is 8.64. The van der Waals surface area contributed by atoms with Gasteiger partial charge < -0.3 is 5.73 Å². The van der Waals surface area contributed by atoms with Crippen molar-refractivity contribution in [3.05, 3.63) is 34.3 Å². The molecule has 0 saturated heterocycles. The van der Waals surface area contributed by atoms with Crippen LogP contribution in [-0.2, 0) is 5.41 Å². The molecule has 64 valence electrons. The highest BCUT2D eigenvalue weighted by Gasteiger charge is 2.48. The number of hydrogen-bond donors (Lipinski definition) is 1. The molecule has 12 heavy (non-hydrogen) atoms. The van der Waals surface area contributed by atoms with Crippen LogP contribution in [-0.4, -0.2) is 6.04 Å². The van der Waals surface area contributed by atoms with E-state index in [0.29, 0.717) is 6.04 Å². The van der Waals surface area contributed by atoms with Crippen LogP contribution in [0.5, 0.6) is 0 Å². The van der Waals surface area contributed by atoms with Gasteiger partial charge in [-0.2, -0.15) is 0 Å². The summed E-state index contributed by atoms with van der Waals surface area (Å²) < 4.78 is 1.13. The van der Waals surface area contributed by atoms with Crippen LogP contribution in [0, 0.1) is 0 Å². The van der Waals surface area contributed by atoms with Gasteiger partial charge in [0.2, 0.25) is 0 Å². The van der Waals surface area contributed by atoms with Crippen LogP contribution in [0.25, 0.3) is 0 Å². The predicted molar refractivity (Wildman–Crippen MR) is 54.1 cm³/mol. The van der Waals surface area contributed by atoms with Crippen LogP contribution in [0.15, 0.2) is 28.7 Å². The van der Waals surface area contributed by atoms with E-state index in [0.717, 1.165) is 10.9 Å². The first-order valence-electron chi connectivity index (χ1n) is 4.14. The Hall–Kier alpha value is -0.340. The molecule has 0 spiro atoms. The summed E-state index contributed by atoms with van der Waals surface area (Å²) in [4.78, 5) is 0. The van der Waals surface area contributed by atoms with E-state index < -0.39 is 0 Å². The third-order valence-corrected chi connectivity index (χ3v) is 3.33. The van der Waals surface area contributed by atoms with Gasteiger partial charge in [0.25, 0.3) is 0 Å². The van der Waals surface area contributed by atoms with Crippen molar-refractivity contribution in [2.24, 2.45) is 5.73 Å². The molecule has 0 aromatic heterocycles. The molecule has 2 rings (SSSR count). The molecule has 0 amide bonds. The third-order valence-electron chi connectivity index (χ3n) is 2.81. The van der Waals surface area contributed by atoms with Gasteiger partial charge in [0, 0.05) is 15.9 Å². The Labute approximate surface area is 81.1 Å². The fourth-order valence-corrected chi connectivity index (χ4v) is 1.82. The molecule has 2 N–H and O–H groups in total. The maximum absolute atomic E-state index is 5.86. The minimum Gasteiger partial charge on any atom is -0.327 e. The topological polar surface area (TPSA) is 26.0 Å². The zero-order chi connectivity index (χ0) is 8.77. The highest BCUT2D eigenvalue weighted by molar-refractivity contribution is 9.10. The minimum atomic E-state index is 0.251. The molecule has 1 fully saturated rings. The zero-order valence-electron chi connectivity index (χ0n) is 7.05. The standard InChI is InChI=1S/C10H12BrN/c1-10(6-9(10)12)7-2-4-8(11)5-3-7/h2-5,9H,6,12H2,1H3/t9-,10+/m0/s1. The smallest absolute Gasteiger partial charge is 0.0175 e. The molecule has 0 bridgehead atoms. The van der Waals surface area contributed by atoms with Gasteiger partial charge in [-0.15, -0.1) is 0 Å². The van der Waals surface area contributed by atoms with Gasteiger partial charge in [-0.05, 0) is 24.1 Å². The van der Waals surface area contributed by atoms with Crippen molar-refractivity contribution >= 4 is 15.9 Å². The van der Waals surface area contributed by atoms with Crippen LogP contribution >= 0.6 is 15.9 Å². The summed E-state index contributed by atoms with van der Waals surface area (Å²) in [5.41, 5.74) is 7.47. The summed E-state index contributed by atoms with van der Waals surface area (Å²) >= 11 is 3.42. The molecule has 1 aromatic carbocycles. The lowest BCUT2D eigenvalue weighted by atomic mass is 9.98. The first kappa shape index (κ1) is 8.27. The third kappa shape index (κ3) is 1.19. The summed E-state index contributed by atoms with van der Waals surface area (Å²) in [7, 11) is 0. The molecule has 1 aromatic rings. The maximum Gasteiger partial charge on any atom is 0.0175 e. The summed E-state index contributed by atoms with van der Waals surface area (Å²) in [5, 5.41) is 0. The maximum atomic E-state index is 5.86. The molecular weight excluding hydrogens is 214 g/mol. The van der Waals surface area contributed by atoms with E-state index in [-0.39, 0.29) is 5.41 Å². The fourth-order valence-electron chi connectivity index (χ4n) is 1.56. The Balaban J connectivity index is 2.31. The molecule has 1 aliphatic carbocycles. The van der Waals surface area contributed by atoms with Crippen LogP contribution < -0.4 is 5.73 Å². The fraction of sp³-hybridized carbons (Fsp3) is 0.400. The van der Waals surface area contributed by atoms with E-state index in [1.54, 1.807) is 0 Å². The van der Waals surface area contributed by atoms with Crippen molar-refractivity contribution in [3.63, 3.8) is 0 Å². The molecule has 2 atom stereocenters. The van der Waals surface area contributed by atoms with E-state index in [1.165, 1.54) is 5.56 Å².